The van der Waals surface area contributed by atoms with Gasteiger partial charge in [0.15, 0.2) is 0 Å². The van der Waals surface area contributed by atoms with Crippen molar-refractivity contribution < 1.29 is 9.59 Å². The fourth-order valence-electron chi connectivity index (χ4n) is 3.48. The first-order valence-corrected chi connectivity index (χ1v) is 11.4. The Bertz CT molecular complexity index is 1060. The number of piperidine rings is 1. The second kappa shape index (κ2) is 8.81. The Hall–Kier alpha value is -1.96. The van der Waals surface area contributed by atoms with E-state index in [1.807, 2.05) is 29.2 Å². The van der Waals surface area contributed by atoms with Gasteiger partial charge in [-0.25, -0.2) is 4.98 Å². The van der Waals surface area contributed by atoms with Crippen molar-refractivity contribution in [2.24, 2.45) is 0 Å². The van der Waals surface area contributed by atoms with Crippen molar-refractivity contribution in [1.82, 2.24) is 15.2 Å². The van der Waals surface area contributed by atoms with Crippen LogP contribution in [0, 0.1) is 0 Å². The molecule has 0 radical (unpaired) electrons. The van der Waals surface area contributed by atoms with Crippen LogP contribution >= 0.6 is 38.9 Å². The molecule has 29 heavy (non-hydrogen) atoms. The van der Waals surface area contributed by atoms with Crippen LogP contribution in [0.4, 0.5) is 0 Å². The van der Waals surface area contributed by atoms with Crippen LogP contribution in [0.3, 0.4) is 0 Å². The molecule has 150 valence electrons. The van der Waals surface area contributed by atoms with Gasteiger partial charge in [-0.1, -0.05) is 23.7 Å². The molecule has 1 N–H and O–H groups in total. The summed E-state index contributed by atoms with van der Waals surface area (Å²) in [5, 5.41) is 4.52. The molecule has 1 fully saturated rings. The molecule has 0 aliphatic carbocycles. The predicted octanol–water partition coefficient (Wildman–Crippen LogP) is 4.85. The molecule has 0 spiro atoms. The zero-order chi connectivity index (χ0) is 20.4. The molecule has 2 heterocycles. The normalized spacial score (nSPS) is 14.9. The molecule has 1 aliphatic rings. The van der Waals surface area contributed by atoms with Crippen LogP contribution in [0.2, 0.25) is 5.02 Å². The number of benzene rings is 2. The maximum absolute atomic E-state index is 12.5. The van der Waals surface area contributed by atoms with Crippen molar-refractivity contribution in [3.8, 4) is 0 Å². The molecule has 1 aliphatic heterocycles. The summed E-state index contributed by atoms with van der Waals surface area (Å²) >= 11 is 11.1. The van der Waals surface area contributed by atoms with E-state index in [0.29, 0.717) is 34.1 Å². The van der Waals surface area contributed by atoms with Gasteiger partial charge in [0.25, 0.3) is 5.91 Å². The standard InChI is InChI=1S/C21H19BrClN3O2S/c22-16-4-2-1-3-15(16)20(28)24-12-19(27)26-9-7-13(8-10-26)21-25-17-11-14(23)5-6-18(17)29-21/h1-6,11,13H,7-10,12H2,(H,24,28). The molecule has 3 aromatic rings. The summed E-state index contributed by atoms with van der Waals surface area (Å²) in [6, 6.07) is 12.9. The van der Waals surface area contributed by atoms with Crippen molar-refractivity contribution in [3.63, 3.8) is 0 Å². The summed E-state index contributed by atoms with van der Waals surface area (Å²) in [5.74, 6) is 0.0406. The molecule has 0 unspecified atom stereocenters. The van der Waals surface area contributed by atoms with Gasteiger partial charge in [-0.3, -0.25) is 9.59 Å². The number of thiazole rings is 1. The summed E-state index contributed by atoms with van der Waals surface area (Å²) in [4.78, 5) is 31.3. The lowest BCUT2D eigenvalue weighted by atomic mass is 9.97. The number of fused-ring (bicyclic) bond motifs is 1. The molecule has 8 heteroatoms. The van der Waals surface area contributed by atoms with E-state index in [-0.39, 0.29) is 18.4 Å². The highest BCUT2D eigenvalue weighted by Crippen LogP contribution is 2.34. The van der Waals surface area contributed by atoms with Gasteiger partial charge in [-0.15, -0.1) is 11.3 Å². The van der Waals surface area contributed by atoms with E-state index in [1.165, 1.54) is 0 Å². The molecule has 4 rings (SSSR count). The van der Waals surface area contributed by atoms with Crippen molar-refractivity contribution in [2.45, 2.75) is 18.8 Å². The summed E-state index contributed by atoms with van der Waals surface area (Å²) in [6.45, 7) is 1.35. The van der Waals surface area contributed by atoms with Crippen molar-refractivity contribution in [1.29, 1.82) is 0 Å². The van der Waals surface area contributed by atoms with Crippen LogP contribution in [0.5, 0.6) is 0 Å². The Kier molecular flexibility index (Phi) is 6.18. The van der Waals surface area contributed by atoms with Gasteiger partial charge in [0.1, 0.15) is 0 Å². The lowest BCUT2D eigenvalue weighted by molar-refractivity contribution is -0.131. The van der Waals surface area contributed by atoms with E-state index >= 15 is 0 Å². The molecule has 2 aromatic carbocycles. The zero-order valence-corrected chi connectivity index (χ0v) is 18.7. The third-order valence-electron chi connectivity index (χ3n) is 5.08. The summed E-state index contributed by atoms with van der Waals surface area (Å²) in [7, 11) is 0. The molecule has 0 atom stereocenters. The van der Waals surface area contributed by atoms with Gasteiger partial charge in [0, 0.05) is 28.5 Å². The number of rotatable bonds is 4. The third-order valence-corrected chi connectivity index (χ3v) is 7.21. The minimum Gasteiger partial charge on any atom is -0.343 e. The van der Waals surface area contributed by atoms with E-state index in [1.54, 1.807) is 29.5 Å². The van der Waals surface area contributed by atoms with Gasteiger partial charge < -0.3 is 10.2 Å². The smallest absolute Gasteiger partial charge is 0.252 e. The summed E-state index contributed by atoms with van der Waals surface area (Å²) in [6.07, 6.45) is 1.74. The van der Waals surface area contributed by atoms with Crippen molar-refractivity contribution >= 4 is 60.9 Å². The number of nitrogens with zero attached hydrogens (tertiary/aromatic N) is 2. The topological polar surface area (TPSA) is 62.3 Å². The summed E-state index contributed by atoms with van der Waals surface area (Å²) in [5.41, 5.74) is 1.46. The van der Waals surface area contributed by atoms with E-state index in [9.17, 15) is 9.59 Å². The Morgan fingerprint density at radius 1 is 1.21 bits per heavy atom. The number of likely N-dealkylation sites (tertiary alicyclic amines) is 1. The van der Waals surface area contributed by atoms with Crippen LogP contribution in [-0.2, 0) is 4.79 Å². The number of hydrogen-bond donors (Lipinski definition) is 1. The lowest BCUT2D eigenvalue weighted by Crippen LogP contribution is -2.43. The SMILES string of the molecule is O=C(NCC(=O)N1CCC(c2nc3cc(Cl)ccc3s2)CC1)c1ccccc1Br. The zero-order valence-electron chi connectivity index (χ0n) is 15.5. The van der Waals surface area contributed by atoms with Gasteiger partial charge >= 0.3 is 0 Å². The molecule has 1 aromatic heterocycles. The fourth-order valence-corrected chi connectivity index (χ4v) is 5.23. The quantitative estimate of drug-likeness (QED) is 0.566. The Balaban J connectivity index is 1.31. The summed E-state index contributed by atoms with van der Waals surface area (Å²) < 4.78 is 1.85. The highest BCUT2D eigenvalue weighted by molar-refractivity contribution is 9.10. The average molecular weight is 493 g/mol. The molecule has 2 amide bonds. The van der Waals surface area contributed by atoms with E-state index < -0.39 is 0 Å². The first-order chi connectivity index (χ1) is 14.0. The van der Waals surface area contributed by atoms with Gasteiger partial charge in [0.05, 0.1) is 27.3 Å². The van der Waals surface area contributed by atoms with Crippen LogP contribution in [0.25, 0.3) is 10.2 Å². The fraction of sp³-hybridized carbons (Fsp3) is 0.286. The molecule has 1 saturated heterocycles. The maximum Gasteiger partial charge on any atom is 0.252 e. The van der Waals surface area contributed by atoms with E-state index in [2.05, 4.69) is 21.2 Å². The predicted molar refractivity (Wildman–Crippen MR) is 120 cm³/mol. The van der Waals surface area contributed by atoms with Gasteiger partial charge in [0.2, 0.25) is 5.91 Å². The lowest BCUT2D eigenvalue weighted by Gasteiger charge is -2.31. The number of carbonyl (C=O) groups is 2. The van der Waals surface area contributed by atoms with Crippen molar-refractivity contribution in [2.75, 3.05) is 19.6 Å². The second-order valence-electron chi connectivity index (χ2n) is 6.98. The minimum atomic E-state index is -0.256. The van der Waals surface area contributed by atoms with Crippen LogP contribution in [-0.4, -0.2) is 41.3 Å². The second-order valence-corrected chi connectivity index (χ2v) is 9.33. The number of hydrogen-bond acceptors (Lipinski definition) is 4. The van der Waals surface area contributed by atoms with Crippen LogP contribution in [0.15, 0.2) is 46.9 Å². The number of carbonyl (C=O) groups excluding carboxylic acids is 2. The molecular formula is C21H19BrClN3O2S. The first-order valence-electron chi connectivity index (χ1n) is 9.38. The van der Waals surface area contributed by atoms with Crippen LogP contribution in [0.1, 0.15) is 34.1 Å². The van der Waals surface area contributed by atoms with Crippen LogP contribution < -0.4 is 5.32 Å². The maximum atomic E-state index is 12.5. The number of aromatic nitrogens is 1. The molecular weight excluding hydrogens is 474 g/mol. The average Bonchev–Trinajstić information content (AvgIpc) is 3.15. The molecule has 5 nitrogen and oxygen atoms in total. The van der Waals surface area contributed by atoms with Crippen molar-refractivity contribution in [3.05, 3.63) is 62.5 Å². The van der Waals surface area contributed by atoms with Gasteiger partial charge in [-0.05, 0) is 59.1 Å². The molecule has 0 saturated carbocycles. The largest absolute Gasteiger partial charge is 0.343 e. The number of amides is 2. The highest BCUT2D eigenvalue weighted by atomic mass is 79.9. The molecule has 0 bridgehead atoms. The number of halogens is 2. The minimum absolute atomic E-state index is 0.00444. The number of nitrogens with one attached hydrogen (secondary N) is 1. The first kappa shape index (κ1) is 20.3. The highest BCUT2D eigenvalue weighted by Gasteiger charge is 2.26. The van der Waals surface area contributed by atoms with Gasteiger partial charge in [-0.2, -0.15) is 0 Å². The Morgan fingerprint density at radius 3 is 2.72 bits per heavy atom. The van der Waals surface area contributed by atoms with E-state index in [0.717, 1.165) is 28.1 Å². The third kappa shape index (κ3) is 4.63. The Labute approximate surface area is 186 Å². The Morgan fingerprint density at radius 2 is 1.97 bits per heavy atom. The van der Waals surface area contributed by atoms with E-state index in [4.69, 9.17) is 16.6 Å². The monoisotopic (exact) mass is 491 g/mol.